The van der Waals surface area contributed by atoms with E-state index in [-0.39, 0.29) is 11.9 Å². The summed E-state index contributed by atoms with van der Waals surface area (Å²) in [5, 5.41) is 4.19. The van der Waals surface area contributed by atoms with Crippen LogP contribution in [0, 0.1) is 6.92 Å². The Bertz CT molecular complexity index is 850. The first-order chi connectivity index (χ1) is 13.4. The number of halogens is 2. The summed E-state index contributed by atoms with van der Waals surface area (Å²) in [7, 11) is 1.90. The molecule has 1 N–H and O–H groups in total. The average Bonchev–Trinajstić information content (AvgIpc) is 3.20. The summed E-state index contributed by atoms with van der Waals surface area (Å²) in [5.74, 6) is -0.0134. The van der Waals surface area contributed by atoms with Crippen molar-refractivity contribution in [3.05, 3.63) is 57.6 Å². The topological polar surface area (TPSA) is 35.6 Å². The maximum absolute atomic E-state index is 12.9. The number of amides is 1. The number of nitrogens with one attached hydrogen (secondary N) is 1. The van der Waals surface area contributed by atoms with Gasteiger partial charge in [0.2, 0.25) is 5.91 Å². The lowest BCUT2D eigenvalue weighted by Crippen LogP contribution is -2.40. The first-order valence-corrected chi connectivity index (χ1v) is 10.4. The maximum Gasteiger partial charge on any atom is 0.224 e. The minimum absolute atomic E-state index is 0.0134. The summed E-state index contributed by atoms with van der Waals surface area (Å²) >= 11 is 12.6. The van der Waals surface area contributed by atoms with E-state index in [0.717, 1.165) is 42.1 Å². The van der Waals surface area contributed by atoms with Gasteiger partial charge in [0, 0.05) is 31.9 Å². The molecule has 28 heavy (non-hydrogen) atoms. The summed E-state index contributed by atoms with van der Waals surface area (Å²) in [6, 6.07) is 11.8. The van der Waals surface area contributed by atoms with Crippen LogP contribution in [0.2, 0.25) is 10.0 Å². The Morgan fingerprint density at radius 1 is 1.21 bits per heavy atom. The lowest BCUT2D eigenvalue weighted by molar-refractivity contribution is -0.117. The number of nitrogens with zero attached hydrogens (tertiary/aromatic N) is 2. The third-order valence-electron chi connectivity index (χ3n) is 5.41. The molecule has 0 radical (unpaired) electrons. The van der Waals surface area contributed by atoms with Crippen molar-refractivity contribution in [2.75, 3.05) is 36.9 Å². The summed E-state index contributed by atoms with van der Waals surface area (Å²) in [6.07, 6.45) is 2.41. The van der Waals surface area contributed by atoms with Gasteiger partial charge in [0.1, 0.15) is 0 Å². The molecule has 1 saturated heterocycles. The highest BCUT2D eigenvalue weighted by Gasteiger charge is 2.29. The Labute approximate surface area is 177 Å². The molecule has 0 saturated carbocycles. The molecule has 0 aromatic heterocycles. The van der Waals surface area contributed by atoms with Crippen LogP contribution in [0.15, 0.2) is 36.4 Å². The number of anilines is 2. The summed E-state index contributed by atoms with van der Waals surface area (Å²) in [5.41, 5.74) is 3.75. The normalized spacial score (nSPS) is 15.5. The minimum atomic E-state index is -0.111. The van der Waals surface area contributed by atoms with Crippen molar-refractivity contribution >= 4 is 40.5 Å². The molecule has 4 nitrogen and oxygen atoms in total. The third kappa shape index (κ3) is 4.45. The quantitative estimate of drug-likeness (QED) is 0.667. The van der Waals surface area contributed by atoms with Crippen LogP contribution in [-0.4, -0.2) is 37.5 Å². The van der Waals surface area contributed by atoms with E-state index in [9.17, 15) is 4.79 Å². The fourth-order valence-corrected chi connectivity index (χ4v) is 4.27. The molecule has 150 valence electrons. The van der Waals surface area contributed by atoms with Crippen molar-refractivity contribution in [1.29, 1.82) is 0 Å². The predicted molar refractivity (Wildman–Crippen MR) is 119 cm³/mol. The maximum atomic E-state index is 12.9. The van der Waals surface area contributed by atoms with Gasteiger partial charge in [-0.3, -0.25) is 4.79 Å². The van der Waals surface area contributed by atoms with E-state index in [4.69, 9.17) is 23.2 Å². The lowest BCUT2D eigenvalue weighted by Gasteiger charge is -2.35. The third-order valence-corrected chi connectivity index (χ3v) is 6.31. The number of rotatable bonds is 6. The molecule has 6 heteroatoms. The SMILES string of the molecule is CNc1cccc(C(CN2CCCC2)N(C(C)=O)c2ccc(Cl)c(Cl)c2C)c1. The van der Waals surface area contributed by atoms with Gasteiger partial charge in [-0.15, -0.1) is 0 Å². The number of hydrogen-bond donors (Lipinski definition) is 1. The molecule has 3 rings (SSSR count). The number of carbonyl (C=O) groups is 1. The molecule has 1 heterocycles. The van der Waals surface area contributed by atoms with Crippen molar-refractivity contribution in [2.45, 2.75) is 32.7 Å². The zero-order chi connectivity index (χ0) is 20.3. The van der Waals surface area contributed by atoms with E-state index in [1.165, 1.54) is 12.8 Å². The van der Waals surface area contributed by atoms with Crippen LogP contribution in [-0.2, 0) is 4.79 Å². The Balaban J connectivity index is 2.09. The molecule has 1 fully saturated rings. The summed E-state index contributed by atoms with van der Waals surface area (Å²) < 4.78 is 0. The van der Waals surface area contributed by atoms with E-state index in [0.29, 0.717) is 10.0 Å². The molecule has 1 unspecified atom stereocenters. The van der Waals surface area contributed by atoms with Crippen molar-refractivity contribution in [3.63, 3.8) is 0 Å². The smallest absolute Gasteiger partial charge is 0.224 e. The highest BCUT2D eigenvalue weighted by Crippen LogP contribution is 2.37. The fraction of sp³-hybridized carbons (Fsp3) is 0.409. The van der Waals surface area contributed by atoms with Gasteiger partial charge in [0.05, 0.1) is 16.1 Å². The second-order valence-electron chi connectivity index (χ2n) is 7.29. The van der Waals surface area contributed by atoms with Crippen LogP contribution in [0.1, 0.15) is 36.9 Å². The molecule has 1 amide bonds. The van der Waals surface area contributed by atoms with Gasteiger partial charge in [0.15, 0.2) is 0 Å². The Morgan fingerprint density at radius 2 is 1.93 bits per heavy atom. The number of hydrogen-bond acceptors (Lipinski definition) is 3. The van der Waals surface area contributed by atoms with Gasteiger partial charge in [0.25, 0.3) is 0 Å². The van der Waals surface area contributed by atoms with Crippen molar-refractivity contribution < 1.29 is 4.79 Å². The van der Waals surface area contributed by atoms with E-state index in [1.807, 2.05) is 37.1 Å². The standard InChI is InChI=1S/C22H27Cl2N3O/c1-15-20(10-9-19(23)22(15)24)27(16(2)28)21(14-26-11-4-5-12-26)17-7-6-8-18(13-17)25-3/h6-10,13,21,25H,4-5,11-12,14H2,1-3H3. The monoisotopic (exact) mass is 419 g/mol. The van der Waals surface area contributed by atoms with Gasteiger partial charge in [-0.2, -0.15) is 0 Å². The van der Waals surface area contributed by atoms with E-state index in [1.54, 1.807) is 13.0 Å². The van der Waals surface area contributed by atoms with Crippen molar-refractivity contribution in [2.24, 2.45) is 0 Å². The van der Waals surface area contributed by atoms with Gasteiger partial charge in [-0.1, -0.05) is 35.3 Å². The van der Waals surface area contributed by atoms with Crippen LogP contribution in [0.3, 0.4) is 0 Å². The number of carbonyl (C=O) groups excluding carboxylic acids is 1. The van der Waals surface area contributed by atoms with E-state index < -0.39 is 0 Å². The fourth-order valence-electron chi connectivity index (χ4n) is 3.91. The summed E-state index contributed by atoms with van der Waals surface area (Å²) in [6.45, 7) is 6.44. The molecule has 0 bridgehead atoms. The first-order valence-electron chi connectivity index (χ1n) is 9.67. The molecule has 2 aromatic rings. The molecular formula is C22H27Cl2N3O. The number of likely N-dealkylation sites (tertiary alicyclic amines) is 1. The zero-order valence-corrected chi connectivity index (χ0v) is 18.1. The van der Waals surface area contributed by atoms with Crippen LogP contribution in [0.5, 0.6) is 0 Å². The predicted octanol–water partition coefficient (Wildman–Crippen LogP) is 5.53. The average molecular weight is 420 g/mol. The van der Waals surface area contributed by atoms with E-state index in [2.05, 4.69) is 22.3 Å². The van der Waals surface area contributed by atoms with Crippen LogP contribution in [0.4, 0.5) is 11.4 Å². The zero-order valence-electron chi connectivity index (χ0n) is 16.6. The molecule has 1 aliphatic heterocycles. The molecule has 2 aromatic carbocycles. The Kier molecular flexibility index (Phi) is 6.86. The van der Waals surface area contributed by atoms with Gasteiger partial charge < -0.3 is 15.1 Å². The minimum Gasteiger partial charge on any atom is -0.388 e. The molecular weight excluding hydrogens is 393 g/mol. The highest BCUT2D eigenvalue weighted by molar-refractivity contribution is 6.42. The van der Waals surface area contributed by atoms with Crippen LogP contribution >= 0.6 is 23.2 Å². The first kappa shape index (κ1) is 21.0. The summed E-state index contributed by atoms with van der Waals surface area (Å²) in [4.78, 5) is 17.1. The number of benzene rings is 2. The lowest BCUT2D eigenvalue weighted by atomic mass is 10.0. The van der Waals surface area contributed by atoms with Gasteiger partial charge in [-0.05, 0) is 68.2 Å². The largest absolute Gasteiger partial charge is 0.388 e. The second-order valence-corrected chi connectivity index (χ2v) is 8.08. The highest BCUT2D eigenvalue weighted by atomic mass is 35.5. The molecule has 0 aliphatic carbocycles. The van der Waals surface area contributed by atoms with Crippen molar-refractivity contribution in [1.82, 2.24) is 4.90 Å². The van der Waals surface area contributed by atoms with Gasteiger partial charge in [-0.25, -0.2) is 0 Å². The Morgan fingerprint density at radius 3 is 2.57 bits per heavy atom. The van der Waals surface area contributed by atoms with Gasteiger partial charge >= 0.3 is 0 Å². The molecule has 1 atom stereocenters. The second kappa shape index (κ2) is 9.17. The van der Waals surface area contributed by atoms with E-state index >= 15 is 0 Å². The molecule has 0 spiro atoms. The molecule has 1 aliphatic rings. The van der Waals surface area contributed by atoms with Crippen LogP contribution < -0.4 is 10.2 Å². The van der Waals surface area contributed by atoms with Crippen molar-refractivity contribution in [3.8, 4) is 0 Å². The van der Waals surface area contributed by atoms with Crippen LogP contribution in [0.25, 0.3) is 0 Å². The Hall–Kier alpha value is -1.75.